The van der Waals surface area contributed by atoms with E-state index in [1.54, 1.807) is 0 Å². The van der Waals surface area contributed by atoms with Crippen molar-refractivity contribution in [1.82, 2.24) is 14.5 Å². The first-order chi connectivity index (χ1) is 9.74. The molecule has 2 heterocycles. The van der Waals surface area contributed by atoms with E-state index in [9.17, 15) is 0 Å². The SMILES string of the molecule is CCn1cc(CN)c2c(C)nc(-c3ccccc3)nc21. The summed E-state index contributed by atoms with van der Waals surface area (Å²) in [5, 5.41) is 1.09. The van der Waals surface area contributed by atoms with Gasteiger partial charge in [-0.15, -0.1) is 0 Å². The minimum absolute atomic E-state index is 0.512. The summed E-state index contributed by atoms with van der Waals surface area (Å²) in [5.74, 6) is 0.770. The Hall–Kier alpha value is -2.20. The van der Waals surface area contributed by atoms with Gasteiger partial charge in [0.15, 0.2) is 5.82 Å². The van der Waals surface area contributed by atoms with Crippen molar-refractivity contribution < 1.29 is 0 Å². The molecule has 1 aromatic carbocycles. The van der Waals surface area contributed by atoms with Crippen LogP contribution in [0.2, 0.25) is 0 Å². The number of hydrogen-bond acceptors (Lipinski definition) is 3. The molecule has 0 bridgehead atoms. The summed E-state index contributed by atoms with van der Waals surface area (Å²) in [6, 6.07) is 10.1. The number of nitrogens with two attached hydrogens (primary N) is 1. The fraction of sp³-hybridized carbons (Fsp3) is 0.250. The number of benzene rings is 1. The Kier molecular flexibility index (Phi) is 3.24. The van der Waals surface area contributed by atoms with Crippen molar-refractivity contribution in [3.63, 3.8) is 0 Å². The number of nitrogens with zero attached hydrogens (tertiary/aromatic N) is 3. The maximum Gasteiger partial charge on any atom is 0.161 e. The van der Waals surface area contributed by atoms with Crippen LogP contribution in [0.4, 0.5) is 0 Å². The van der Waals surface area contributed by atoms with E-state index in [1.165, 1.54) is 0 Å². The molecule has 0 aliphatic carbocycles. The predicted molar refractivity (Wildman–Crippen MR) is 81.3 cm³/mol. The molecule has 4 heteroatoms. The molecule has 0 atom stereocenters. The number of fused-ring (bicyclic) bond motifs is 1. The van der Waals surface area contributed by atoms with Crippen LogP contribution in [0.5, 0.6) is 0 Å². The van der Waals surface area contributed by atoms with Gasteiger partial charge in [0, 0.05) is 30.2 Å². The van der Waals surface area contributed by atoms with Gasteiger partial charge in [-0.3, -0.25) is 0 Å². The highest BCUT2D eigenvalue weighted by Gasteiger charge is 2.14. The van der Waals surface area contributed by atoms with Crippen molar-refractivity contribution in [1.29, 1.82) is 0 Å². The standard InChI is InChI=1S/C16H18N4/c1-3-20-10-13(9-17)14-11(2)18-15(19-16(14)20)12-7-5-4-6-8-12/h4-8,10H,3,9,17H2,1-2H3. The van der Waals surface area contributed by atoms with Crippen molar-refractivity contribution in [3.05, 3.63) is 47.8 Å². The van der Waals surface area contributed by atoms with Gasteiger partial charge in [-0.25, -0.2) is 9.97 Å². The Bertz CT molecular complexity index is 744. The molecule has 0 unspecified atom stereocenters. The van der Waals surface area contributed by atoms with E-state index in [2.05, 4.69) is 22.7 Å². The quantitative estimate of drug-likeness (QED) is 0.793. The molecule has 0 saturated carbocycles. The Balaban J connectivity index is 2.28. The van der Waals surface area contributed by atoms with E-state index >= 15 is 0 Å². The van der Waals surface area contributed by atoms with Crippen LogP contribution in [0.3, 0.4) is 0 Å². The van der Waals surface area contributed by atoms with E-state index in [1.807, 2.05) is 37.3 Å². The van der Waals surface area contributed by atoms with Gasteiger partial charge >= 0.3 is 0 Å². The second-order valence-corrected chi connectivity index (χ2v) is 4.84. The van der Waals surface area contributed by atoms with Crippen molar-refractivity contribution in [2.24, 2.45) is 5.73 Å². The third-order valence-electron chi connectivity index (χ3n) is 3.57. The Morgan fingerprint density at radius 1 is 1.15 bits per heavy atom. The average molecular weight is 266 g/mol. The molecule has 4 nitrogen and oxygen atoms in total. The van der Waals surface area contributed by atoms with Crippen LogP contribution in [0.25, 0.3) is 22.4 Å². The van der Waals surface area contributed by atoms with Crippen LogP contribution in [0.15, 0.2) is 36.5 Å². The van der Waals surface area contributed by atoms with E-state index in [0.29, 0.717) is 6.54 Å². The second kappa shape index (κ2) is 5.06. The first kappa shape index (κ1) is 12.8. The van der Waals surface area contributed by atoms with Gasteiger partial charge in [-0.2, -0.15) is 0 Å². The molecule has 0 radical (unpaired) electrons. The molecule has 2 aromatic heterocycles. The molecule has 102 valence electrons. The minimum Gasteiger partial charge on any atom is -0.332 e. The van der Waals surface area contributed by atoms with Crippen LogP contribution in [-0.4, -0.2) is 14.5 Å². The van der Waals surface area contributed by atoms with Gasteiger partial charge in [-0.05, 0) is 19.4 Å². The molecule has 2 N–H and O–H groups in total. The number of rotatable bonds is 3. The highest BCUT2D eigenvalue weighted by atomic mass is 15.1. The number of aromatic nitrogens is 3. The zero-order valence-corrected chi connectivity index (χ0v) is 11.8. The minimum atomic E-state index is 0.512. The maximum absolute atomic E-state index is 5.83. The summed E-state index contributed by atoms with van der Waals surface area (Å²) in [7, 11) is 0. The predicted octanol–water partition coefficient (Wildman–Crippen LogP) is 2.89. The molecule has 20 heavy (non-hydrogen) atoms. The molecule has 3 rings (SSSR count). The first-order valence-corrected chi connectivity index (χ1v) is 6.86. The Labute approximate surface area is 118 Å². The summed E-state index contributed by atoms with van der Waals surface area (Å²) in [4.78, 5) is 9.39. The van der Waals surface area contributed by atoms with E-state index in [0.717, 1.165) is 40.2 Å². The highest BCUT2D eigenvalue weighted by molar-refractivity contribution is 5.84. The Morgan fingerprint density at radius 3 is 2.55 bits per heavy atom. The van der Waals surface area contributed by atoms with Gasteiger partial charge in [0.1, 0.15) is 5.65 Å². The third kappa shape index (κ3) is 1.98. The van der Waals surface area contributed by atoms with Crippen LogP contribution in [0, 0.1) is 6.92 Å². The van der Waals surface area contributed by atoms with Gasteiger partial charge in [0.2, 0.25) is 0 Å². The zero-order valence-electron chi connectivity index (χ0n) is 11.8. The topological polar surface area (TPSA) is 56.7 Å². The maximum atomic E-state index is 5.83. The zero-order chi connectivity index (χ0) is 14.1. The van der Waals surface area contributed by atoms with Crippen molar-refractivity contribution in [2.45, 2.75) is 26.9 Å². The van der Waals surface area contributed by atoms with Crippen LogP contribution < -0.4 is 5.73 Å². The molecule has 0 saturated heterocycles. The van der Waals surface area contributed by atoms with Crippen LogP contribution in [0.1, 0.15) is 18.2 Å². The summed E-state index contributed by atoms with van der Waals surface area (Å²) >= 11 is 0. The van der Waals surface area contributed by atoms with Gasteiger partial charge in [-0.1, -0.05) is 30.3 Å². The molecule has 0 fully saturated rings. The molecular weight excluding hydrogens is 248 g/mol. The molecule has 0 aliphatic heterocycles. The van der Waals surface area contributed by atoms with Crippen LogP contribution >= 0.6 is 0 Å². The lowest BCUT2D eigenvalue weighted by Crippen LogP contribution is -1.99. The molecule has 0 spiro atoms. The summed E-state index contributed by atoms with van der Waals surface area (Å²) in [6.07, 6.45) is 2.08. The van der Waals surface area contributed by atoms with Crippen molar-refractivity contribution in [2.75, 3.05) is 0 Å². The largest absolute Gasteiger partial charge is 0.332 e. The van der Waals surface area contributed by atoms with Gasteiger partial charge in [0.25, 0.3) is 0 Å². The fourth-order valence-corrected chi connectivity index (χ4v) is 2.57. The second-order valence-electron chi connectivity index (χ2n) is 4.84. The smallest absolute Gasteiger partial charge is 0.161 e. The van der Waals surface area contributed by atoms with Crippen LogP contribution in [-0.2, 0) is 13.1 Å². The summed E-state index contributed by atoms with van der Waals surface area (Å²) in [5.41, 5.74) is 9.94. The molecule has 3 aromatic rings. The number of hydrogen-bond donors (Lipinski definition) is 1. The summed E-state index contributed by atoms with van der Waals surface area (Å²) < 4.78 is 2.14. The van der Waals surface area contributed by atoms with E-state index in [-0.39, 0.29) is 0 Å². The van der Waals surface area contributed by atoms with Crippen molar-refractivity contribution in [3.8, 4) is 11.4 Å². The lowest BCUT2D eigenvalue weighted by Gasteiger charge is -2.06. The molecule has 0 amide bonds. The normalized spacial score (nSPS) is 11.2. The summed E-state index contributed by atoms with van der Waals surface area (Å²) in [6.45, 7) is 5.52. The lowest BCUT2D eigenvalue weighted by molar-refractivity contribution is 0.782. The van der Waals surface area contributed by atoms with Gasteiger partial charge in [0.05, 0.1) is 5.69 Å². The molecular formula is C16H18N4. The fourth-order valence-electron chi connectivity index (χ4n) is 2.57. The lowest BCUT2D eigenvalue weighted by atomic mass is 10.1. The highest BCUT2D eigenvalue weighted by Crippen LogP contribution is 2.25. The van der Waals surface area contributed by atoms with Gasteiger partial charge < -0.3 is 10.3 Å². The third-order valence-corrected chi connectivity index (χ3v) is 3.57. The Morgan fingerprint density at radius 2 is 1.90 bits per heavy atom. The van der Waals surface area contributed by atoms with Crippen molar-refractivity contribution >= 4 is 11.0 Å². The number of aryl methyl sites for hydroxylation is 2. The first-order valence-electron chi connectivity index (χ1n) is 6.86. The monoisotopic (exact) mass is 266 g/mol. The van der Waals surface area contributed by atoms with E-state index in [4.69, 9.17) is 10.7 Å². The van der Waals surface area contributed by atoms with E-state index < -0.39 is 0 Å². The average Bonchev–Trinajstić information content (AvgIpc) is 2.86. The molecule has 0 aliphatic rings.